The maximum atomic E-state index is 5.81. The van der Waals surface area contributed by atoms with E-state index in [4.69, 9.17) is 19.6 Å². The first-order chi connectivity index (χ1) is 9.78. The molecule has 2 aromatic rings. The van der Waals surface area contributed by atoms with Crippen molar-refractivity contribution in [1.29, 1.82) is 0 Å². The maximum Gasteiger partial charge on any atom is 0.183 e. The van der Waals surface area contributed by atoms with Crippen LogP contribution in [0.3, 0.4) is 0 Å². The number of ether oxygens (including phenoxy) is 2. The molecule has 0 unspecified atom stereocenters. The Bertz CT molecular complexity index is 515. The summed E-state index contributed by atoms with van der Waals surface area (Å²) in [7, 11) is 3.25. The van der Waals surface area contributed by atoms with Crippen molar-refractivity contribution in [2.24, 2.45) is 5.73 Å². The van der Waals surface area contributed by atoms with Gasteiger partial charge in [0, 0.05) is 31.8 Å². The third-order valence-corrected chi connectivity index (χ3v) is 3.18. The highest BCUT2D eigenvalue weighted by molar-refractivity contribution is 5.58. The van der Waals surface area contributed by atoms with Gasteiger partial charge in [-0.2, -0.15) is 0 Å². The molecule has 4 heteroatoms. The standard InChI is InChI=1S/C16H21NO3/c1-18-16(19-2)13-7-5-12(6-8-13)15-10-9-14(20-15)4-3-11-17/h5-10,16H,3-4,11,17H2,1-2H3. The molecule has 0 spiro atoms. The molecule has 0 bridgehead atoms. The topological polar surface area (TPSA) is 57.6 Å². The summed E-state index contributed by atoms with van der Waals surface area (Å²) in [6.07, 6.45) is 1.49. The second-order valence-electron chi connectivity index (χ2n) is 4.58. The van der Waals surface area contributed by atoms with E-state index in [1.807, 2.05) is 36.4 Å². The van der Waals surface area contributed by atoms with Crippen molar-refractivity contribution >= 4 is 0 Å². The fourth-order valence-corrected chi connectivity index (χ4v) is 2.12. The van der Waals surface area contributed by atoms with E-state index in [1.165, 1.54) is 0 Å². The van der Waals surface area contributed by atoms with E-state index in [0.717, 1.165) is 35.5 Å². The van der Waals surface area contributed by atoms with Crippen LogP contribution in [0, 0.1) is 0 Å². The Morgan fingerprint density at radius 2 is 1.75 bits per heavy atom. The van der Waals surface area contributed by atoms with Crippen molar-refractivity contribution < 1.29 is 13.9 Å². The van der Waals surface area contributed by atoms with Crippen molar-refractivity contribution in [2.45, 2.75) is 19.1 Å². The Kier molecular flexibility index (Phi) is 5.35. The van der Waals surface area contributed by atoms with E-state index in [-0.39, 0.29) is 6.29 Å². The van der Waals surface area contributed by atoms with Gasteiger partial charge in [0.05, 0.1) is 0 Å². The SMILES string of the molecule is COC(OC)c1ccc(-c2ccc(CCCN)o2)cc1. The molecular formula is C16H21NO3. The second-order valence-corrected chi connectivity index (χ2v) is 4.58. The van der Waals surface area contributed by atoms with Crippen LogP contribution < -0.4 is 5.73 Å². The zero-order valence-corrected chi connectivity index (χ0v) is 12.0. The number of aryl methyl sites for hydroxylation is 1. The smallest absolute Gasteiger partial charge is 0.183 e. The number of rotatable bonds is 7. The first-order valence-corrected chi connectivity index (χ1v) is 6.73. The summed E-state index contributed by atoms with van der Waals surface area (Å²) in [5.41, 5.74) is 7.52. The molecule has 1 aromatic carbocycles. The predicted molar refractivity (Wildman–Crippen MR) is 78.3 cm³/mol. The van der Waals surface area contributed by atoms with Crippen LogP contribution in [0.25, 0.3) is 11.3 Å². The average molecular weight is 275 g/mol. The third-order valence-electron chi connectivity index (χ3n) is 3.18. The lowest BCUT2D eigenvalue weighted by Gasteiger charge is -2.13. The molecule has 108 valence electrons. The summed E-state index contributed by atoms with van der Waals surface area (Å²) in [4.78, 5) is 0. The molecular weight excluding hydrogens is 254 g/mol. The fraction of sp³-hybridized carbons (Fsp3) is 0.375. The fourth-order valence-electron chi connectivity index (χ4n) is 2.12. The van der Waals surface area contributed by atoms with Gasteiger partial charge in [0.25, 0.3) is 0 Å². The van der Waals surface area contributed by atoms with Crippen molar-refractivity contribution in [1.82, 2.24) is 0 Å². The normalized spacial score (nSPS) is 11.2. The summed E-state index contributed by atoms with van der Waals surface area (Å²) in [5.74, 6) is 1.84. The lowest BCUT2D eigenvalue weighted by atomic mass is 10.1. The summed E-state index contributed by atoms with van der Waals surface area (Å²) < 4.78 is 16.3. The van der Waals surface area contributed by atoms with Gasteiger partial charge in [-0.25, -0.2) is 0 Å². The molecule has 0 aliphatic rings. The molecule has 1 heterocycles. The zero-order chi connectivity index (χ0) is 14.4. The van der Waals surface area contributed by atoms with Gasteiger partial charge in [0.2, 0.25) is 0 Å². The molecule has 0 saturated heterocycles. The van der Waals surface area contributed by atoms with Gasteiger partial charge in [0.15, 0.2) is 6.29 Å². The maximum absolute atomic E-state index is 5.81. The van der Waals surface area contributed by atoms with Gasteiger partial charge in [-0.3, -0.25) is 0 Å². The van der Waals surface area contributed by atoms with Crippen LogP contribution in [-0.2, 0) is 15.9 Å². The van der Waals surface area contributed by atoms with Crippen LogP contribution in [0.2, 0.25) is 0 Å². The average Bonchev–Trinajstić information content (AvgIpc) is 2.96. The van der Waals surface area contributed by atoms with E-state index in [1.54, 1.807) is 14.2 Å². The Morgan fingerprint density at radius 3 is 2.35 bits per heavy atom. The highest BCUT2D eigenvalue weighted by Gasteiger charge is 2.10. The number of methoxy groups -OCH3 is 2. The van der Waals surface area contributed by atoms with Gasteiger partial charge in [-0.1, -0.05) is 24.3 Å². The lowest BCUT2D eigenvalue weighted by Crippen LogP contribution is -2.02. The summed E-state index contributed by atoms with van der Waals surface area (Å²) in [6, 6.07) is 12.0. The van der Waals surface area contributed by atoms with E-state index < -0.39 is 0 Å². The highest BCUT2D eigenvalue weighted by atomic mass is 16.7. The van der Waals surface area contributed by atoms with Crippen molar-refractivity contribution in [3.63, 3.8) is 0 Å². The molecule has 0 saturated carbocycles. The molecule has 2 rings (SSSR count). The molecule has 4 nitrogen and oxygen atoms in total. The van der Waals surface area contributed by atoms with Crippen LogP contribution >= 0.6 is 0 Å². The van der Waals surface area contributed by atoms with E-state index in [2.05, 4.69) is 0 Å². The molecule has 0 atom stereocenters. The quantitative estimate of drug-likeness (QED) is 0.789. The number of hydrogen-bond acceptors (Lipinski definition) is 4. The summed E-state index contributed by atoms with van der Waals surface area (Å²) >= 11 is 0. The summed E-state index contributed by atoms with van der Waals surface area (Å²) in [5, 5.41) is 0. The first-order valence-electron chi connectivity index (χ1n) is 6.73. The summed E-state index contributed by atoms with van der Waals surface area (Å²) in [6.45, 7) is 0.681. The zero-order valence-electron chi connectivity index (χ0n) is 12.0. The predicted octanol–water partition coefficient (Wildman–Crippen LogP) is 3.13. The van der Waals surface area contributed by atoms with Crippen LogP contribution in [-0.4, -0.2) is 20.8 Å². The Balaban J connectivity index is 2.11. The second kappa shape index (κ2) is 7.24. The molecule has 0 amide bonds. The minimum Gasteiger partial charge on any atom is -0.461 e. The molecule has 0 aliphatic heterocycles. The monoisotopic (exact) mass is 275 g/mol. The number of nitrogens with two attached hydrogens (primary N) is 1. The van der Waals surface area contributed by atoms with Gasteiger partial charge < -0.3 is 19.6 Å². The van der Waals surface area contributed by atoms with E-state index in [9.17, 15) is 0 Å². The van der Waals surface area contributed by atoms with Crippen LogP contribution in [0.15, 0.2) is 40.8 Å². The van der Waals surface area contributed by atoms with Crippen LogP contribution in [0.5, 0.6) is 0 Å². The Labute approximate surface area is 119 Å². The Hall–Kier alpha value is -1.62. The number of furan rings is 1. The van der Waals surface area contributed by atoms with Gasteiger partial charge in [-0.05, 0) is 25.1 Å². The number of hydrogen-bond donors (Lipinski definition) is 1. The van der Waals surface area contributed by atoms with E-state index >= 15 is 0 Å². The molecule has 20 heavy (non-hydrogen) atoms. The van der Waals surface area contributed by atoms with Gasteiger partial charge >= 0.3 is 0 Å². The van der Waals surface area contributed by atoms with Crippen molar-refractivity contribution in [3.05, 3.63) is 47.7 Å². The molecule has 0 aliphatic carbocycles. The molecule has 2 N–H and O–H groups in total. The molecule has 0 fully saturated rings. The van der Waals surface area contributed by atoms with Gasteiger partial charge in [-0.15, -0.1) is 0 Å². The van der Waals surface area contributed by atoms with Crippen LogP contribution in [0.4, 0.5) is 0 Å². The van der Waals surface area contributed by atoms with Crippen molar-refractivity contribution in [2.75, 3.05) is 20.8 Å². The third kappa shape index (κ3) is 3.48. The largest absolute Gasteiger partial charge is 0.461 e. The highest BCUT2D eigenvalue weighted by Crippen LogP contribution is 2.25. The minimum atomic E-state index is -0.333. The molecule has 1 aromatic heterocycles. The molecule has 0 radical (unpaired) electrons. The van der Waals surface area contributed by atoms with E-state index in [0.29, 0.717) is 6.54 Å². The lowest BCUT2D eigenvalue weighted by molar-refractivity contribution is -0.106. The first kappa shape index (κ1) is 14.8. The minimum absolute atomic E-state index is 0.333. The van der Waals surface area contributed by atoms with Crippen LogP contribution in [0.1, 0.15) is 24.0 Å². The Morgan fingerprint density at radius 1 is 1.05 bits per heavy atom. The number of benzene rings is 1. The van der Waals surface area contributed by atoms with Crippen molar-refractivity contribution in [3.8, 4) is 11.3 Å². The van der Waals surface area contributed by atoms with Gasteiger partial charge in [0.1, 0.15) is 11.5 Å².